The summed E-state index contributed by atoms with van der Waals surface area (Å²) < 4.78 is 13.0. The van der Waals surface area contributed by atoms with Crippen LogP contribution in [-0.4, -0.2) is 26.1 Å². The van der Waals surface area contributed by atoms with E-state index in [0.29, 0.717) is 5.92 Å². The van der Waals surface area contributed by atoms with Gasteiger partial charge in [-0.1, -0.05) is 39.8 Å². The van der Waals surface area contributed by atoms with Crippen LogP contribution in [0.15, 0.2) is 29.3 Å². The smallest absolute Gasteiger partial charge is 0.191 e. The Morgan fingerprint density at radius 2 is 1.76 bits per heavy atom. The number of nitrogens with zero attached hydrogens (tertiary/aromatic N) is 1. The fourth-order valence-electron chi connectivity index (χ4n) is 1.83. The quantitative estimate of drug-likeness (QED) is 0.445. The summed E-state index contributed by atoms with van der Waals surface area (Å²) in [7, 11) is 1.76. The lowest BCUT2D eigenvalue weighted by Crippen LogP contribution is -2.44. The van der Waals surface area contributed by atoms with Gasteiger partial charge in [-0.25, -0.2) is 4.39 Å². The summed E-state index contributed by atoms with van der Waals surface area (Å²) in [6.45, 7) is 10.2. The molecule has 1 rings (SSSR count). The van der Waals surface area contributed by atoms with Gasteiger partial charge in [0.15, 0.2) is 5.96 Å². The van der Waals surface area contributed by atoms with Crippen molar-refractivity contribution < 1.29 is 4.39 Å². The van der Waals surface area contributed by atoms with Gasteiger partial charge in [0, 0.05) is 25.6 Å². The topological polar surface area (TPSA) is 36.4 Å². The summed E-state index contributed by atoms with van der Waals surface area (Å²) in [6, 6.07) is 6.68. The van der Waals surface area contributed by atoms with E-state index in [2.05, 4.69) is 43.3 Å². The SMILES string of the molecule is CN=C(NCC(C)C)NCC(C)(C)c1ccc(F)cc1.I. The first-order valence-corrected chi connectivity index (χ1v) is 7.05. The normalized spacial score (nSPS) is 12.0. The Kier molecular flexibility index (Phi) is 8.85. The van der Waals surface area contributed by atoms with Crippen LogP contribution in [0, 0.1) is 11.7 Å². The summed E-state index contributed by atoms with van der Waals surface area (Å²) >= 11 is 0. The van der Waals surface area contributed by atoms with Gasteiger partial charge in [-0.3, -0.25) is 4.99 Å². The van der Waals surface area contributed by atoms with Crippen LogP contribution in [0.1, 0.15) is 33.3 Å². The van der Waals surface area contributed by atoms with E-state index in [1.807, 2.05) is 12.1 Å². The minimum atomic E-state index is -0.202. The van der Waals surface area contributed by atoms with Crippen LogP contribution in [0.3, 0.4) is 0 Å². The van der Waals surface area contributed by atoms with E-state index >= 15 is 0 Å². The number of rotatable bonds is 5. The minimum absolute atomic E-state index is 0. The standard InChI is InChI=1S/C16H26FN3.HI/c1-12(2)10-19-15(18-5)20-11-16(3,4)13-6-8-14(17)9-7-13;/h6-9,12H,10-11H2,1-5H3,(H2,18,19,20);1H. The number of nitrogens with one attached hydrogen (secondary N) is 2. The first-order chi connectivity index (χ1) is 9.35. The zero-order chi connectivity index (χ0) is 15.2. The van der Waals surface area contributed by atoms with Gasteiger partial charge in [-0.2, -0.15) is 0 Å². The van der Waals surface area contributed by atoms with Gasteiger partial charge in [0.1, 0.15) is 5.82 Å². The highest BCUT2D eigenvalue weighted by atomic mass is 127. The van der Waals surface area contributed by atoms with Gasteiger partial charge >= 0.3 is 0 Å². The zero-order valence-corrected chi connectivity index (χ0v) is 15.9. The van der Waals surface area contributed by atoms with Crippen molar-refractivity contribution in [2.75, 3.05) is 20.1 Å². The predicted molar refractivity (Wildman–Crippen MR) is 99.0 cm³/mol. The van der Waals surface area contributed by atoms with Crippen molar-refractivity contribution in [2.45, 2.75) is 33.1 Å². The molecule has 0 radical (unpaired) electrons. The Bertz CT molecular complexity index is 441. The van der Waals surface area contributed by atoms with Crippen LogP contribution in [0.2, 0.25) is 0 Å². The maximum absolute atomic E-state index is 13.0. The molecule has 0 aromatic heterocycles. The highest BCUT2D eigenvalue weighted by molar-refractivity contribution is 14.0. The van der Waals surface area contributed by atoms with Crippen molar-refractivity contribution in [2.24, 2.45) is 10.9 Å². The second-order valence-corrected chi connectivity index (χ2v) is 6.09. The molecule has 0 fully saturated rings. The van der Waals surface area contributed by atoms with Crippen LogP contribution in [0.4, 0.5) is 4.39 Å². The van der Waals surface area contributed by atoms with E-state index < -0.39 is 0 Å². The molecule has 1 aromatic rings. The molecule has 0 spiro atoms. The first-order valence-electron chi connectivity index (χ1n) is 7.05. The van der Waals surface area contributed by atoms with Gasteiger partial charge in [0.2, 0.25) is 0 Å². The fraction of sp³-hybridized carbons (Fsp3) is 0.562. The third-order valence-electron chi connectivity index (χ3n) is 3.22. The monoisotopic (exact) mass is 407 g/mol. The van der Waals surface area contributed by atoms with Gasteiger partial charge in [-0.05, 0) is 23.6 Å². The van der Waals surface area contributed by atoms with E-state index in [1.165, 1.54) is 12.1 Å². The zero-order valence-electron chi connectivity index (χ0n) is 13.5. The molecule has 1 aromatic carbocycles. The summed E-state index contributed by atoms with van der Waals surface area (Å²) in [5.41, 5.74) is 1.01. The van der Waals surface area contributed by atoms with Gasteiger partial charge < -0.3 is 10.6 Å². The van der Waals surface area contributed by atoms with Gasteiger partial charge in [0.25, 0.3) is 0 Å². The van der Waals surface area contributed by atoms with Crippen LogP contribution < -0.4 is 10.6 Å². The van der Waals surface area contributed by atoms with E-state index in [4.69, 9.17) is 0 Å². The minimum Gasteiger partial charge on any atom is -0.356 e. The van der Waals surface area contributed by atoms with Gasteiger partial charge in [-0.15, -0.1) is 24.0 Å². The van der Waals surface area contributed by atoms with Crippen molar-refractivity contribution >= 4 is 29.9 Å². The molecule has 0 aliphatic carbocycles. The lowest BCUT2D eigenvalue weighted by Gasteiger charge is -2.27. The van der Waals surface area contributed by atoms with Crippen molar-refractivity contribution in [1.29, 1.82) is 0 Å². The van der Waals surface area contributed by atoms with Crippen LogP contribution >= 0.6 is 24.0 Å². The van der Waals surface area contributed by atoms with E-state index in [9.17, 15) is 4.39 Å². The predicted octanol–water partition coefficient (Wildman–Crippen LogP) is 3.54. The molecule has 0 aliphatic rings. The summed E-state index contributed by atoms with van der Waals surface area (Å²) in [6.07, 6.45) is 0. The molecule has 0 saturated heterocycles. The molecule has 21 heavy (non-hydrogen) atoms. The molecule has 0 amide bonds. The molecular formula is C16H27FIN3. The Balaban J connectivity index is 0.00000400. The van der Waals surface area contributed by atoms with E-state index in [0.717, 1.165) is 24.6 Å². The average Bonchev–Trinajstić information content (AvgIpc) is 2.39. The number of hydrogen-bond acceptors (Lipinski definition) is 1. The molecule has 0 saturated carbocycles. The van der Waals surface area contributed by atoms with E-state index in [-0.39, 0.29) is 35.2 Å². The molecule has 5 heteroatoms. The molecular weight excluding hydrogens is 380 g/mol. The Hall–Kier alpha value is -0.850. The molecule has 0 unspecified atom stereocenters. The number of aliphatic imine (C=N–C) groups is 1. The summed E-state index contributed by atoms with van der Waals surface area (Å²) in [5, 5.41) is 6.60. The van der Waals surface area contributed by atoms with Gasteiger partial charge in [0.05, 0.1) is 0 Å². The third kappa shape index (κ3) is 7.11. The van der Waals surface area contributed by atoms with Crippen LogP contribution in [0.5, 0.6) is 0 Å². The Morgan fingerprint density at radius 1 is 1.19 bits per heavy atom. The van der Waals surface area contributed by atoms with Crippen molar-refractivity contribution in [3.63, 3.8) is 0 Å². The molecule has 2 N–H and O–H groups in total. The maximum atomic E-state index is 13.0. The van der Waals surface area contributed by atoms with Crippen molar-refractivity contribution in [3.05, 3.63) is 35.6 Å². The van der Waals surface area contributed by atoms with Crippen molar-refractivity contribution in [3.8, 4) is 0 Å². The van der Waals surface area contributed by atoms with Crippen molar-refractivity contribution in [1.82, 2.24) is 10.6 Å². The molecule has 3 nitrogen and oxygen atoms in total. The largest absolute Gasteiger partial charge is 0.356 e. The lowest BCUT2D eigenvalue weighted by molar-refractivity contribution is 0.504. The summed E-state index contributed by atoms with van der Waals surface area (Å²) in [5.74, 6) is 1.17. The second kappa shape index (κ2) is 9.23. The molecule has 0 heterocycles. The molecule has 0 atom stereocenters. The Labute approximate surface area is 144 Å². The lowest BCUT2D eigenvalue weighted by atomic mass is 9.84. The van der Waals surface area contributed by atoms with E-state index in [1.54, 1.807) is 7.05 Å². The first kappa shape index (κ1) is 20.1. The number of halogens is 2. The van der Waals surface area contributed by atoms with Crippen LogP contribution in [-0.2, 0) is 5.41 Å². The Morgan fingerprint density at radius 3 is 2.24 bits per heavy atom. The van der Waals surface area contributed by atoms with Crippen LogP contribution in [0.25, 0.3) is 0 Å². The maximum Gasteiger partial charge on any atom is 0.191 e. The highest BCUT2D eigenvalue weighted by Gasteiger charge is 2.20. The number of benzene rings is 1. The molecule has 120 valence electrons. The highest BCUT2D eigenvalue weighted by Crippen LogP contribution is 2.22. The second-order valence-electron chi connectivity index (χ2n) is 6.09. The average molecular weight is 407 g/mol. The third-order valence-corrected chi connectivity index (χ3v) is 3.22. The fourth-order valence-corrected chi connectivity index (χ4v) is 1.83. The molecule has 0 aliphatic heterocycles. The molecule has 0 bridgehead atoms. The number of hydrogen-bond donors (Lipinski definition) is 2. The number of guanidine groups is 1. The summed E-state index contributed by atoms with van der Waals surface area (Å²) in [4.78, 5) is 4.21.